The summed E-state index contributed by atoms with van der Waals surface area (Å²) in [4.78, 5) is 32.0. The number of carboxylic acid groups (broad SMARTS) is 1. The zero-order valence-corrected chi connectivity index (χ0v) is 12.6. The number of hydrogen-bond acceptors (Lipinski definition) is 6. The minimum Gasteiger partial charge on any atom is -0.490 e. The number of nitro benzene ring substituents is 1. The summed E-state index contributed by atoms with van der Waals surface area (Å²) in [6, 6.07) is 3.94. The van der Waals surface area contributed by atoms with E-state index in [0.717, 1.165) is 0 Å². The van der Waals surface area contributed by atoms with Gasteiger partial charge in [-0.05, 0) is 18.9 Å². The van der Waals surface area contributed by atoms with Crippen LogP contribution in [0.4, 0.5) is 5.69 Å². The van der Waals surface area contributed by atoms with E-state index < -0.39 is 10.9 Å². The van der Waals surface area contributed by atoms with Gasteiger partial charge in [-0.3, -0.25) is 19.7 Å². The van der Waals surface area contributed by atoms with E-state index in [1.165, 1.54) is 25.3 Å². The molecule has 0 radical (unpaired) electrons. The average Bonchev–Trinajstić information content (AvgIpc) is 2.51. The van der Waals surface area contributed by atoms with Gasteiger partial charge in [-0.2, -0.15) is 0 Å². The molecule has 23 heavy (non-hydrogen) atoms. The molecule has 9 heteroatoms. The van der Waals surface area contributed by atoms with Crippen molar-refractivity contribution >= 4 is 17.6 Å². The SMILES string of the molecule is COc1cc(OCC(=O)NCCCCC(=O)O)ccc1[N+](=O)[O-]. The fraction of sp³-hybridized carbons (Fsp3) is 0.429. The number of hydrogen-bond donors (Lipinski definition) is 2. The Morgan fingerprint density at radius 3 is 2.70 bits per heavy atom. The van der Waals surface area contributed by atoms with Crippen molar-refractivity contribution in [1.29, 1.82) is 0 Å². The van der Waals surface area contributed by atoms with E-state index in [-0.39, 0.29) is 36.1 Å². The molecule has 0 aliphatic rings. The number of aliphatic carboxylic acids is 1. The Morgan fingerprint density at radius 1 is 1.35 bits per heavy atom. The highest BCUT2D eigenvalue weighted by Crippen LogP contribution is 2.30. The molecule has 126 valence electrons. The lowest BCUT2D eigenvalue weighted by atomic mass is 10.2. The van der Waals surface area contributed by atoms with Crippen LogP contribution in [0, 0.1) is 10.1 Å². The van der Waals surface area contributed by atoms with Crippen LogP contribution in [0.25, 0.3) is 0 Å². The number of benzene rings is 1. The van der Waals surface area contributed by atoms with E-state index in [2.05, 4.69) is 5.32 Å². The topological polar surface area (TPSA) is 128 Å². The lowest BCUT2D eigenvalue weighted by molar-refractivity contribution is -0.385. The molecular weight excluding hydrogens is 308 g/mol. The number of nitrogens with zero attached hydrogens (tertiary/aromatic N) is 1. The number of methoxy groups -OCH3 is 1. The molecule has 0 bridgehead atoms. The largest absolute Gasteiger partial charge is 0.490 e. The third-order valence-corrected chi connectivity index (χ3v) is 2.86. The second-order valence-electron chi connectivity index (χ2n) is 4.58. The second-order valence-corrected chi connectivity index (χ2v) is 4.58. The molecule has 0 saturated heterocycles. The van der Waals surface area contributed by atoms with E-state index in [4.69, 9.17) is 14.6 Å². The van der Waals surface area contributed by atoms with Crippen molar-refractivity contribution in [3.05, 3.63) is 28.3 Å². The highest BCUT2D eigenvalue weighted by Gasteiger charge is 2.15. The summed E-state index contributed by atoms with van der Waals surface area (Å²) in [5.41, 5.74) is -0.192. The third kappa shape index (κ3) is 6.64. The average molecular weight is 326 g/mol. The van der Waals surface area contributed by atoms with Gasteiger partial charge in [-0.1, -0.05) is 0 Å². The number of unbranched alkanes of at least 4 members (excludes halogenated alkanes) is 1. The Labute approximate surface area is 132 Å². The molecule has 0 spiro atoms. The molecule has 9 nitrogen and oxygen atoms in total. The Bertz CT molecular complexity index is 574. The van der Waals surface area contributed by atoms with Crippen molar-refractivity contribution in [3.63, 3.8) is 0 Å². The van der Waals surface area contributed by atoms with Crippen molar-refractivity contribution in [2.75, 3.05) is 20.3 Å². The van der Waals surface area contributed by atoms with Crippen LogP contribution >= 0.6 is 0 Å². The maximum absolute atomic E-state index is 11.6. The first kappa shape index (κ1) is 18.2. The first-order valence-electron chi connectivity index (χ1n) is 6.87. The van der Waals surface area contributed by atoms with Crippen LogP contribution in [0.5, 0.6) is 11.5 Å². The quantitative estimate of drug-likeness (QED) is 0.377. The molecule has 0 aliphatic carbocycles. The molecule has 0 aromatic heterocycles. The molecule has 1 aromatic rings. The Balaban J connectivity index is 2.38. The van der Waals surface area contributed by atoms with Crippen LogP contribution in [0.15, 0.2) is 18.2 Å². The molecule has 1 rings (SSSR count). The van der Waals surface area contributed by atoms with Crippen LogP contribution in [0.3, 0.4) is 0 Å². The third-order valence-electron chi connectivity index (χ3n) is 2.86. The van der Waals surface area contributed by atoms with Gasteiger partial charge in [0.2, 0.25) is 5.75 Å². The van der Waals surface area contributed by atoms with Crippen LogP contribution in [-0.4, -0.2) is 42.2 Å². The van der Waals surface area contributed by atoms with Crippen LogP contribution in [0.2, 0.25) is 0 Å². The predicted molar refractivity (Wildman–Crippen MR) is 79.6 cm³/mol. The Kier molecular flexibility index (Phi) is 7.31. The summed E-state index contributed by atoms with van der Waals surface area (Å²) in [5.74, 6) is -0.917. The molecule has 0 saturated carbocycles. The normalized spacial score (nSPS) is 9.96. The number of nitro groups is 1. The smallest absolute Gasteiger partial charge is 0.311 e. The van der Waals surface area contributed by atoms with Gasteiger partial charge in [0.25, 0.3) is 5.91 Å². The molecule has 1 amide bonds. The molecule has 1 aromatic carbocycles. The van der Waals surface area contributed by atoms with Gasteiger partial charge in [-0.25, -0.2) is 0 Å². The maximum atomic E-state index is 11.6. The summed E-state index contributed by atoms with van der Waals surface area (Å²) in [7, 11) is 1.30. The highest BCUT2D eigenvalue weighted by atomic mass is 16.6. The fourth-order valence-electron chi connectivity index (χ4n) is 1.73. The minimum atomic E-state index is -0.869. The summed E-state index contributed by atoms with van der Waals surface area (Å²) < 4.78 is 10.1. The molecular formula is C14H18N2O7. The highest BCUT2D eigenvalue weighted by molar-refractivity contribution is 5.77. The number of carbonyl (C=O) groups excluding carboxylic acids is 1. The van der Waals surface area contributed by atoms with E-state index in [0.29, 0.717) is 19.4 Å². The van der Waals surface area contributed by atoms with E-state index in [1.807, 2.05) is 0 Å². The standard InChI is InChI=1S/C14H18N2O7/c1-22-12-8-10(5-6-11(12)16(20)21)23-9-13(17)15-7-3-2-4-14(18)19/h5-6,8H,2-4,7,9H2,1H3,(H,15,17)(H,18,19). The molecule has 0 heterocycles. The first-order chi connectivity index (χ1) is 10.9. The predicted octanol–water partition coefficient (Wildman–Crippen LogP) is 1.35. The van der Waals surface area contributed by atoms with Gasteiger partial charge in [0.1, 0.15) is 5.75 Å². The van der Waals surface area contributed by atoms with Crippen molar-refractivity contribution in [3.8, 4) is 11.5 Å². The van der Waals surface area contributed by atoms with Gasteiger partial charge in [0.05, 0.1) is 12.0 Å². The molecule has 0 fully saturated rings. The van der Waals surface area contributed by atoms with Gasteiger partial charge >= 0.3 is 11.7 Å². The van der Waals surface area contributed by atoms with Crippen molar-refractivity contribution < 1.29 is 29.1 Å². The first-order valence-corrected chi connectivity index (χ1v) is 6.87. The molecule has 2 N–H and O–H groups in total. The Hall–Kier alpha value is -2.84. The van der Waals surface area contributed by atoms with Crippen molar-refractivity contribution in [2.45, 2.75) is 19.3 Å². The fourth-order valence-corrected chi connectivity index (χ4v) is 1.73. The number of carboxylic acids is 1. The summed E-state index contributed by atoms with van der Waals surface area (Å²) in [6.07, 6.45) is 1.11. The number of carbonyl (C=O) groups is 2. The van der Waals surface area contributed by atoms with Gasteiger partial charge in [0, 0.05) is 25.1 Å². The van der Waals surface area contributed by atoms with E-state index >= 15 is 0 Å². The monoisotopic (exact) mass is 326 g/mol. The number of nitrogens with one attached hydrogen (secondary N) is 1. The van der Waals surface area contributed by atoms with Gasteiger partial charge in [-0.15, -0.1) is 0 Å². The maximum Gasteiger partial charge on any atom is 0.311 e. The lowest BCUT2D eigenvalue weighted by Crippen LogP contribution is -2.29. The van der Waals surface area contributed by atoms with Crippen LogP contribution in [-0.2, 0) is 9.59 Å². The minimum absolute atomic E-state index is 0.0431. The molecule has 0 atom stereocenters. The lowest BCUT2D eigenvalue weighted by Gasteiger charge is -2.08. The number of amides is 1. The van der Waals surface area contributed by atoms with Crippen LogP contribution < -0.4 is 14.8 Å². The summed E-state index contributed by atoms with van der Waals surface area (Å²) >= 11 is 0. The number of rotatable bonds is 10. The van der Waals surface area contributed by atoms with E-state index in [9.17, 15) is 19.7 Å². The molecule has 0 unspecified atom stereocenters. The molecule has 0 aliphatic heterocycles. The van der Waals surface area contributed by atoms with Gasteiger partial charge in [0.15, 0.2) is 6.61 Å². The summed E-state index contributed by atoms with van der Waals surface area (Å²) in [5, 5.41) is 21.8. The zero-order chi connectivity index (χ0) is 17.2. The Morgan fingerprint density at radius 2 is 2.09 bits per heavy atom. The van der Waals surface area contributed by atoms with Gasteiger partial charge < -0.3 is 19.9 Å². The number of ether oxygens (including phenoxy) is 2. The zero-order valence-electron chi connectivity index (χ0n) is 12.6. The van der Waals surface area contributed by atoms with Crippen molar-refractivity contribution in [2.24, 2.45) is 0 Å². The van der Waals surface area contributed by atoms with E-state index in [1.54, 1.807) is 0 Å². The summed E-state index contributed by atoms with van der Waals surface area (Å²) in [6.45, 7) is 0.110. The van der Waals surface area contributed by atoms with Crippen LogP contribution in [0.1, 0.15) is 19.3 Å². The van der Waals surface area contributed by atoms with Crippen molar-refractivity contribution in [1.82, 2.24) is 5.32 Å². The second kappa shape index (κ2) is 9.23.